The second-order valence-electron chi connectivity index (χ2n) is 4.37. The zero-order valence-electron chi connectivity index (χ0n) is 9.40. The first kappa shape index (κ1) is 11.6. The summed E-state index contributed by atoms with van der Waals surface area (Å²) in [6, 6.07) is 7.41. The molecule has 88 valence electrons. The summed E-state index contributed by atoms with van der Waals surface area (Å²) in [5.74, 6) is -0.148. The molecule has 1 saturated carbocycles. The lowest BCUT2D eigenvalue weighted by Crippen LogP contribution is -2.41. The SMILES string of the molecule is OCCN(Cc1ccccc1F)C1CCC1. The van der Waals surface area contributed by atoms with Gasteiger partial charge < -0.3 is 5.11 Å². The molecule has 1 aromatic rings. The third-order valence-electron chi connectivity index (χ3n) is 3.31. The smallest absolute Gasteiger partial charge is 0.127 e. The molecule has 0 aromatic heterocycles. The summed E-state index contributed by atoms with van der Waals surface area (Å²) in [6.45, 7) is 1.39. The van der Waals surface area contributed by atoms with E-state index in [0.717, 1.165) is 5.56 Å². The van der Waals surface area contributed by atoms with Gasteiger partial charge in [0.2, 0.25) is 0 Å². The van der Waals surface area contributed by atoms with Crippen LogP contribution in [0.25, 0.3) is 0 Å². The summed E-state index contributed by atoms with van der Waals surface area (Å²) in [7, 11) is 0. The molecule has 2 nitrogen and oxygen atoms in total. The molecule has 0 atom stereocenters. The van der Waals surface area contributed by atoms with Crippen molar-refractivity contribution in [3.8, 4) is 0 Å². The topological polar surface area (TPSA) is 23.5 Å². The number of rotatable bonds is 5. The molecular formula is C13H18FNO. The van der Waals surface area contributed by atoms with Gasteiger partial charge in [0.25, 0.3) is 0 Å². The van der Waals surface area contributed by atoms with Crippen molar-refractivity contribution < 1.29 is 9.50 Å². The van der Waals surface area contributed by atoms with Crippen molar-refractivity contribution in [2.45, 2.75) is 31.8 Å². The van der Waals surface area contributed by atoms with E-state index < -0.39 is 0 Å². The Hall–Kier alpha value is -0.930. The Bertz CT molecular complexity index is 338. The summed E-state index contributed by atoms with van der Waals surface area (Å²) in [6.07, 6.45) is 3.60. The molecule has 0 amide bonds. The highest BCUT2D eigenvalue weighted by molar-refractivity contribution is 5.17. The summed E-state index contributed by atoms with van der Waals surface area (Å²) in [5, 5.41) is 9.02. The fraction of sp³-hybridized carbons (Fsp3) is 0.538. The summed E-state index contributed by atoms with van der Waals surface area (Å²) >= 11 is 0. The van der Waals surface area contributed by atoms with Crippen LogP contribution in [-0.4, -0.2) is 29.2 Å². The fourth-order valence-electron chi connectivity index (χ4n) is 2.12. The van der Waals surface area contributed by atoms with Gasteiger partial charge in [0, 0.05) is 24.7 Å². The van der Waals surface area contributed by atoms with Crippen LogP contribution in [0.3, 0.4) is 0 Å². The van der Waals surface area contributed by atoms with Crippen molar-refractivity contribution in [3.63, 3.8) is 0 Å². The Morgan fingerprint density at radius 3 is 2.62 bits per heavy atom. The van der Waals surface area contributed by atoms with Crippen molar-refractivity contribution in [3.05, 3.63) is 35.6 Å². The first-order chi connectivity index (χ1) is 7.81. The van der Waals surface area contributed by atoms with Gasteiger partial charge in [0.15, 0.2) is 0 Å². The largest absolute Gasteiger partial charge is 0.395 e. The third kappa shape index (κ3) is 2.60. The Kier molecular flexibility index (Phi) is 3.91. The first-order valence-corrected chi connectivity index (χ1v) is 5.89. The molecule has 0 bridgehead atoms. The average Bonchev–Trinajstić information content (AvgIpc) is 2.19. The molecule has 2 rings (SSSR count). The van der Waals surface area contributed by atoms with Crippen LogP contribution >= 0.6 is 0 Å². The van der Waals surface area contributed by atoms with E-state index in [0.29, 0.717) is 19.1 Å². The number of benzene rings is 1. The average molecular weight is 223 g/mol. The standard InChI is InChI=1S/C13H18FNO/c14-13-7-2-1-4-11(13)10-15(8-9-16)12-5-3-6-12/h1-2,4,7,12,16H,3,5-6,8-10H2. The monoisotopic (exact) mass is 223 g/mol. The van der Waals surface area contributed by atoms with Crippen molar-refractivity contribution in [1.29, 1.82) is 0 Å². The minimum atomic E-state index is -0.148. The van der Waals surface area contributed by atoms with Crippen molar-refractivity contribution in [2.24, 2.45) is 0 Å². The van der Waals surface area contributed by atoms with E-state index in [1.54, 1.807) is 6.07 Å². The lowest BCUT2D eigenvalue weighted by molar-refractivity contribution is 0.0935. The Balaban J connectivity index is 2.01. The van der Waals surface area contributed by atoms with E-state index in [1.165, 1.54) is 25.3 Å². The van der Waals surface area contributed by atoms with E-state index in [9.17, 15) is 4.39 Å². The molecule has 0 saturated heterocycles. The third-order valence-corrected chi connectivity index (χ3v) is 3.31. The maximum atomic E-state index is 13.5. The van der Waals surface area contributed by atoms with Crippen LogP contribution in [0.1, 0.15) is 24.8 Å². The van der Waals surface area contributed by atoms with Gasteiger partial charge in [-0.3, -0.25) is 4.90 Å². The first-order valence-electron chi connectivity index (χ1n) is 5.89. The van der Waals surface area contributed by atoms with Gasteiger partial charge in [0.1, 0.15) is 5.82 Å². The van der Waals surface area contributed by atoms with E-state index in [4.69, 9.17) is 5.11 Å². The summed E-state index contributed by atoms with van der Waals surface area (Å²) in [4.78, 5) is 2.18. The summed E-state index contributed by atoms with van der Waals surface area (Å²) < 4.78 is 13.5. The maximum absolute atomic E-state index is 13.5. The van der Waals surface area contributed by atoms with Crippen LogP contribution < -0.4 is 0 Å². The number of nitrogens with zero attached hydrogens (tertiary/aromatic N) is 1. The molecule has 1 N–H and O–H groups in total. The minimum Gasteiger partial charge on any atom is -0.395 e. The second-order valence-corrected chi connectivity index (χ2v) is 4.37. The van der Waals surface area contributed by atoms with Crippen molar-refractivity contribution >= 4 is 0 Å². The van der Waals surface area contributed by atoms with Gasteiger partial charge in [-0.05, 0) is 18.9 Å². The molecule has 0 aliphatic heterocycles. The lowest BCUT2D eigenvalue weighted by atomic mass is 9.91. The molecule has 0 radical (unpaired) electrons. The highest BCUT2D eigenvalue weighted by Gasteiger charge is 2.24. The summed E-state index contributed by atoms with van der Waals surface area (Å²) in [5.41, 5.74) is 0.725. The van der Waals surface area contributed by atoms with E-state index >= 15 is 0 Å². The molecule has 0 spiro atoms. The van der Waals surface area contributed by atoms with Gasteiger partial charge in [-0.25, -0.2) is 4.39 Å². The zero-order chi connectivity index (χ0) is 11.4. The fourth-order valence-corrected chi connectivity index (χ4v) is 2.12. The molecule has 1 aliphatic carbocycles. The van der Waals surface area contributed by atoms with Crippen LogP contribution in [-0.2, 0) is 6.54 Å². The molecule has 16 heavy (non-hydrogen) atoms. The zero-order valence-corrected chi connectivity index (χ0v) is 9.40. The maximum Gasteiger partial charge on any atom is 0.127 e. The van der Waals surface area contributed by atoms with Crippen LogP contribution in [0, 0.1) is 5.82 Å². The minimum absolute atomic E-state index is 0.144. The molecular weight excluding hydrogens is 205 g/mol. The molecule has 1 fully saturated rings. The van der Waals surface area contributed by atoms with Crippen molar-refractivity contribution in [1.82, 2.24) is 4.90 Å². The number of aliphatic hydroxyl groups excluding tert-OH is 1. The second kappa shape index (κ2) is 5.41. The Morgan fingerprint density at radius 2 is 2.06 bits per heavy atom. The van der Waals surface area contributed by atoms with E-state index in [-0.39, 0.29) is 12.4 Å². The molecule has 0 heterocycles. The predicted octanol–water partition coefficient (Wildman–Crippen LogP) is 2.17. The highest BCUT2D eigenvalue weighted by atomic mass is 19.1. The van der Waals surface area contributed by atoms with Crippen molar-refractivity contribution in [2.75, 3.05) is 13.2 Å². The molecule has 1 aliphatic rings. The van der Waals surface area contributed by atoms with Gasteiger partial charge in [-0.1, -0.05) is 24.6 Å². The number of halogens is 1. The Morgan fingerprint density at radius 1 is 1.31 bits per heavy atom. The van der Waals surface area contributed by atoms with Gasteiger partial charge in [-0.2, -0.15) is 0 Å². The quantitative estimate of drug-likeness (QED) is 0.827. The van der Waals surface area contributed by atoms with E-state index in [2.05, 4.69) is 4.90 Å². The van der Waals surface area contributed by atoms with Crippen LogP contribution in [0.2, 0.25) is 0 Å². The normalized spacial score (nSPS) is 16.4. The van der Waals surface area contributed by atoms with Gasteiger partial charge in [-0.15, -0.1) is 0 Å². The van der Waals surface area contributed by atoms with Gasteiger partial charge in [0.05, 0.1) is 6.61 Å². The molecule has 0 unspecified atom stereocenters. The lowest BCUT2D eigenvalue weighted by Gasteiger charge is -2.37. The van der Waals surface area contributed by atoms with Crippen LogP contribution in [0.4, 0.5) is 4.39 Å². The Labute approximate surface area is 95.7 Å². The van der Waals surface area contributed by atoms with Crippen LogP contribution in [0.15, 0.2) is 24.3 Å². The van der Waals surface area contributed by atoms with Crippen LogP contribution in [0.5, 0.6) is 0 Å². The number of hydrogen-bond donors (Lipinski definition) is 1. The predicted molar refractivity (Wildman–Crippen MR) is 61.5 cm³/mol. The highest BCUT2D eigenvalue weighted by Crippen LogP contribution is 2.26. The van der Waals surface area contributed by atoms with E-state index in [1.807, 2.05) is 12.1 Å². The number of hydrogen-bond acceptors (Lipinski definition) is 2. The van der Waals surface area contributed by atoms with Gasteiger partial charge >= 0.3 is 0 Å². The molecule has 3 heteroatoms. The molecule has 1 aromatic carbocycles. The number of aliphatic hydroxyl groups is 1.